The highest BCUT2D eigenvalue weighted by atomic mass is 32.2. The molecule has 25 heavy (non-hydrogen) atoms. The molecule has 1 unspecified atom stereocenters. The Morgan fingerprint density at radius 2 is 2.16 bits per heavy atom. The fourth-order valence-corrected chi connectivity index (χ4v) is 4.51. The van der Waals surface area contributed by atoms with E-state index in [1.807, 2.05) is 27.7 Å². The van der Waals surface area contributed by atoms with Crippen LogP contribution in [0.5, 0.6) is 0 Å². The first-order valence-corrected chi connectivity index (χ1v) is 10.5. The van der Waals surface area contributed by atoms with E-state index in [0.29, 0.717) is 37.4 Å². The zero-order valence-electron chi connectivity index (χ0n) is 15.5. The van der Waals surface area contributed by atoms with Crippen molar-refractivity contribution in [2.24, 2.45) is 5.92 Å². The van der Waals surface area contributed by atoms with Crippen LogP contribution in [-0.4, -0.2) is 42.6 Å². The van der Waals surface area contributed by atoms with E-state index in [1.165, 1.54) is 4.31 Å². The summed E-state index contributed by atoms with van der Waals surface area (Å²) in [5, 5.41) is 6.64. The van der Waals surface area contributed by atoms with Gasteiger partial charge in [0.05, 0.1) is 11.7 Å². The minimum absolute atomic E-state index is 0.149. The van der Waals surface area contributed by atoms with Gasteiger partial charge in [-0.1, -0.05) is 39.3 Å². The molecule has 2 rings (SSSR count). The van der Waals surface area contributed by atoms with Gasteiger partial charge in [0.15, 0.2) is 5.82 Å². The van der Waals surface area contributed by atoms with Gasteiger partial charge in [-0.25, -0.2) is 12.7 Å². The maximum absolute atomic E-state index is 12.5. The number of nitrogens with one attached hydrogen (secondary N) is 1. The van der Waals surface area contributed by atoms with Crippen LogP contribution >= 0.6 is 0 Å². The fraction of sp³-hybridized carbons (Fsp3) is 0.765. The number of nitrogens with zero attached hydrogens (tertiary/aromatic N) is 2. The highest BCUT2D eigenvalue weighted by Crippen LogP contribution is 2.26. The molecule has 1 atom stereocenters. The first-order valence-electron chi connectivity index (χ1n) is 8.89. The predicted octanol–water partition coefficient (Wildman–Crippen LogP) is 2.75. The van der Waals surface area contributed by atoms with E-state index in [4.69, 9.17) is 4.52 Å². The summed E-state index contributed by atoms with van der Waals surface area (Å²) in [6, 6.07) is 1.72. The van der Waals surface area contributed by atoms with Gasteiger partial charge >= 0.3 is 0 Å². The number of piperidine rings is 1. The molecule has 1 aromatic rings. The van der Waals surface area contributed by atoms with E-state index in [-0.39, 0.29) is 29.5 Å². The van der Waals surface area contributed by atoms with Crippen LogP contribution in [0, 0.1) is 5.92 Å². The summed E-state index contributed by atoms with van der Waals surface area (Å²) >= 11 is 0. The molecule has 2 heterocycles. The highest BCUT2D eigenvalue weighted by molar-refractivity contribution is 7.89. The average Bonchev–Trinajstić information content (AvgIpc) is 3.02. The Morgan fingerprint density at radius 3 is 2.76 bits per heavy atom. The number of hydrogen-bond donors (Lipinski definition) is 1. The quantitative estimate of drug-likeness (QED) is 0.830. The Bertz CT molecular complexity index is 691. The van der Waals surface area contributed by atoms with Gasteiger partial charge in [0.1, 0.15) is 5.76 Å². The Balaban J connectivity index is 1.99. The summed E-state index contributed by atoms with van der Waals surface area (Å²) in [5.74, 6) is 0.649. The normalized spacial score (nSPS) is 19.8. The lowest BCUT2D eigenvalue weighted by molar-refractivity contribution is -0.120. The Kier molecular flexibility index (Phi) is 6.26. The number of carbonyl (C=O) groups excluding carboxylic acids is 1. The SMILES string of the molecule is CCCCS(=O)(=O)N1CCCC(C(=O)Nc2cc(C(C)(C)C)on2)C1. The molecule has 0 aromatic carbocycles. The first kappa shape index (κ1) is 19.9. The Hall–Kier alpha value is -1.41. The van der Waals surface area contributed by atoms with Gasteiger partial charge in [0, 0.05) is 24.6 Å². The number of unbranched alkanes of at least 4 members (excludes halogenated alkanes) is 1. The van der Waals surface area contributed by atoms with Gasteiger partial charge in [0.25, 0.3) is 0 Å². The first-order chi connectivity index (χ1) is 11.6. The number of hydrogen-bond acceptors (Lipinski definition) is 5. The summed E-state index contributed by atoms with van der Waals surface area (Å²) < 4.78 is 31.4. The number of aromatic nitrogens is 1. The highest BCUT2D eigenvalue weighted by Gasteiger charge is 2.32. The van der Waals surface area contributed by atoms with Gasteiger partial charge in [-0.15, -0.1) is 0 Å². The minimum atomic E-state index is -3.28. The molecular weight excluding hydrogens is 342 g/mol. The molecule has 7 nitrogen and oxygen atoms in total. The van der Waals surface area contributed by atoms with E-state index < -0.39 is 10.0 Å². The molecule has 142 valence electrons. The number of rotatable bonds is 6. The third-order valence-electron chi connectivity index (χ3n) is 4.40. The monoisotopic (exact) mass is 371 g/mol. The summed E-state index contributed by atoms with van der Waals surface area (Å²) in [6.45, 7) is 8.69. The van der Waals surface area contributed by atoms with Crippen molar-refractivity contribution in [3.05, 3.63) is 11.8 Å². The zero-order chi connectivity index (χ0) is 18.7. The number of carbonyl (C=O) groups is 1. The van der Waals surface area contributed by atoms with E-state index in [1.54, 1.807) is 6.07 Å². The van der Waals surface area contributed by atoms with Crippen LogP contribution in [0.1, 0.15) is 59.1 Å². The summed E-state index contributed by atoms with van der Waals surface area (Å²) in [4.78, 5) is 12.5. The standard InChI is InChI=1S/C17H29N3O4S/c1-5-6-10-25(22,23)20-9-7-8-13(12-20)16(21)18-15-11-14(24-19-15)17(2,3)4/h11,13H,5-10,12H2,1-4H3,(H,18,19,21). The maximum Gasteiger partial charge on any atom is 0.230 e. The van der Waals surface area contributed by atoms with Gasteiger partial charge < -0.3 is 9.84 Å². The Morgan fingerprint density at radius 1 is 1.44 bits per heavy atom. The molecule has 0 saturated carbocycles. The molecule has 0 bridgehead atoms. The number of amides is 1. The van der Waals surface area contributed by atoms with Crippen molar-refractivity contribution in [3.8, 4) is 0 Å². The predicted molar refractivity (Wildman–Crippen MR) is 96.8 cm³/mol. The van der Waals surface area contributed by atoms with E-state index >= 15 is 0 Å². The summed E-state index contributed by atoms with van der Waals surface area (Å²) in [7, 11) is -3.28. The molecule has 0 spiro atoms. The Labute approximate surface area is 150 Å². The molecule has 1 amide bonds. The second kappa shape index (κ2) is 7.86. The molecule has 8 heteroatoms. The molecule has 0 radical (unpaired) electrons. The molecule has 1 fully saturated rings. The van der Waals surface area contributed by atoms with Gasteiger partial charge in [-0.05, 0) is 19.3 Å². The van der Waals surface area contributed by atoms with Crippen molar-refractivity contribution in [1.82, 2.24) is 9.46 Å². The van der Waals surface area contributed by atoms with E-state index in [2.05, 4.69) is 10.5 Å². The molecule has 1 aliphatic rings. The second-order valence-corrected chi connectivity index (χ2v) is 9.77. The van der Waals surface area contributed by atoms with Crippen LogP contribution in [-0.2, 0) is 20.2 Å². The van der Waals surface area contributed by atoms with Crippen LogP contribution in [0.2, 0.25) is 0 Å². The molecular formula is C17H29N3O4S. The maximum atomic E-state index is 12.5. The lowest BCUT2D eigenvalue weighted by Crippen LogP contribution is -2.44. The van der Waals surface area contributed by atoms with Crippen molar-refractivity contribution in [2.75, 3.05) is 24.2 Å². The molecule has 1 saturated heterocycles. The third kappa shape index (κ3) is 5.28. The lowest BCUT2D eigenvalue weighted by Gasteiger charge is -2.31. The van der Waals surface area contributed by atoms with Crippen LogP contribution < -0.4 is 5.32 Å². The fourth-order valence-electron chi connectivity index (χ4n) is 2.78. The van der Waals surface area contributed by atoms with Crippen molar-refractivity contribution < 1.29 is 17.7 Å². The zero-order valence-corrected chi connectivity index (χ0v) is 16.4. The lowest BCUT2D eigenvalue weighted by atomic mass is 9.93. The van der Waals surface area contributed by atoms with Crippen molar-refractivity contribution in [3.63, 3.8) is 0 Å². The van der Waals surface area contributed by atoms with Crippen LogP contribution in [0.4, 0.5) is 5.82 Å². The van der Waals surface area contributed by atoms with Gasteiger partial charge in [0.2, 0.25) is 15.9 Å². The van der Waals surface area contributed by atoms with Crippen molar-refractivity contribution in [1.29, 1.82) is 0 Å². The second-order valence-electron chi connectivity index (χ2n) is 7.68. The summed E-state index contributed by atoms with van der Waals surface area (Å²) in [5.41, 5.74) is -0.190. The molecule has 1 aromatic heterocycles. The topological polar surface area (TPSA) is 92.5 Å². The molecule has 1 N–H and O–H groups in total. The minimum Gasteiger partial charge on any atom is -0.359 e. The van der Waals surface area contributed by atoms with Crippen LogP contribution in [0.15, 0.2) is 10.6 Å². The molecule has 0 aliphatic carbocycles. The third-order valence-corrected chi connectivity index (χ3v) is 6.33. The van der Waals surface area contributed by atoms with E-state index in [0.717, 1.165) is 6.42 Å². The van der Waals surface area contributed by atoms with Crippen LogP contribution in [0.3, 0.4) is 0 Å². The smallest absolute Gasteiger partial charge is 0.230 e. The number of sulfonamides is 1. The van der Waals surface area contributed by atoms with Crippen LogP contribution in [0.25, 0.3) is 0 Å². The summed E-state index contributed by atoms with van der Waals surface area (Å²) in [6.07, 6.45) is 2.84. The van der Waals surface area contributed by atoms with Crippen molar-refractivity contribution in [2.45, 2.75) is 58.8 Å². The molecule has 1 aliphatic heterocycles. The number of anilines is 1. The largest absolute Gasteiger partial charge is 0.359 e. The van der Waals surface area contributed by atoms with E-state index in [9.17, 15) is 13.2 Å². The van der Waals surface area contributed by atoms with Gasteiger partial charge in [-0.3, -0.25) is 4.79 Å². The van der Waals surface area contributed by atoms with Crippen molar-refractivity contribution >= 4 is 21.7 Å². The average molecular weight is 372 g/mol. The van der Waals surface area contributed by atoms with Gasteiger partial charge in [-0.2, -0.15) is 0 Å².